The van der Waals surface area contributed by atoms with E-state index in [9.17, 15) is 24.0 Å². The van der Waals surface area contributed by atoms with Crippen molar-refractivity contribution in [2.24, 2.45) is 0 Å². The molecule has 1 fully saturated rings. The predicted octanol–water partition coefficient (Wildman–Crippen LogP) is 2.40. The molecule has 1 amide bonds. The van der Waals surface area contributed by atoms with Crippen molar-refractivity contribution in [2.45, 2.75) is 64.7 Å². The number of amides is 1. The van der Waals surface area contributed by atoms with Crippen molar-refractivity contribution in [3.63, 3.8) is 0 Å². The van der Waals surface area contributed by atoms with E-state index in [1.54, 1.807) is 0 Å². The molecule has 1 aliphatic carbocycles. The lowest BCUT2D eigenvalue weighted by molar-refractivity contribution is -0.153. The quantitative estimate of drug-likeness (QED) is 0.316. The molecule has 1 aromatic heterocycles. The van der Waals surface area contributed by atoms with E-state index in [0.29, 0.717) is 11.8 Å². The van der Waals surface area contributed by atoms with Crippen molar-refractivity contribution in [3.05, 3.63) is 22.1 Å². The van der Waals surface area contributed by atoms with Crippen LogP contribution < -0.4 is 11.1 Å². The summed E-state index contributed by atoms with van der Waals surface area (Å²) in [5, 5.41) is 1.51. The maximum absolute atomic E-state index is 12.6. The molecule has 0 aromatic carbocycles. The Morgan fingerprint density at radius 3 is 2.44 bits per heavy atom. The number of ether oxygens (including phenoxy) is 4. The standard InChI is InChI=1S/C19H25NO11S/c1-11-15(31-18(24)29-11)8-26-19(25)32-9-14(20-17(23)28-10-27-12(2)21)16(22)30-13-6-4-3-5-7-13/h13-14H,3-10H2,1-2H3,(H,20,23)/t14-/m0/s1. The zero-order valence-electron chi connectivity index (χ0n) is 17.7. The molecule has 0 radical (unpaired) electrons. The third-order valence-electron chi connectivity index (χ3n) is 4.39. The molecule has 32 heavy (non-hydrogen) atoms. The Kier molecular flexibility index (Phi) is 10.1. The fourth-order valence-corrected chi connectivity index (χ4v) is 3.44. The summed E-state index contributed by atoms with van der Waals surface area (Å²) in [6.45, 7) is 1.66. The Morgan fingerprint density at radius 2 is 1.81 bits per heavy atom. The van der Waals surface area contributed by atoms with E-state index in [4.69, 9.17) is 13.9 Å². The smallest absolute Gasteiger partial charge is 0.461 e. The van der Waals surface area contributed by atoms with Crippen LogP contribution in [0.3, 0.4) is 0 Å². The number of nitrogens with one attached hydrogen (secondary N) is 1. The van der Waals surface area contributed by atoms with Gasteiger partial charge in [-0.25, -0.2) is 19.2 Å². The van der Waals surface area contributed by atoms with E-state index in [0.717, 1.165) is 39.0 Å². The summed E-state index contributed by atoms with van der Waals surface area (Å²) < 4.78 is 29.0. The summed E-state index contributed by atoms with van der Waals surface area (Å²) in [7, 11) is 0. The van der Waals surface area contributed by atoms with Crippen LogP contribution in [-0.4, -0.2) is 48.0 Å². The highest BCUT2D eigenvalue weighted by Crippen LogP contribution is 2.21. The Balaban J connectivity index is 1.88. The first-order valence-corrected chi connectivity index (χ1v) is 10.9. The third kappa shape index (κ3) is 9.04. The molecule has 0 unspecified atom stereocenters. The van der Waals surface area contributed by atoms with E-state index in [-0.39, 0.29) is 30.0 Å². The Hall–Kier alpha value is -2.96. The fourth-order valence-electron chi connectivity index (χ4n) is 2.77. The summed E-state index contributed by atoms with van der Waals surface area (Å²) in [6, 6.07) is -1.21. The summed E-state index contributed by atoms with van der Waals surface area (Å²) >= 11 is 0.610. The molecule has 178 valence electrons. The molecule has 1 saturated carbocycles. The van der Waals surface area contributed by atoms with Gasteiger partial charge in [0.2, 0.25) is 6.79 Å². The lowest BCUT2D eigenvalue weighted by Crippen LogP contribution is -2.45. The van der Waals surface area contributed by atoms with Crippen LogP contribution in [0, 0.1) is 6.92 Å². The van der Waals surface area contributed by atoms with Gasteiger partial charge in [-0.3, -0.25) is 4.79 Å². The number of alkyl carbamates (subject to hydrolysis) is 1. The SMILES string of the molecule is CC(=O)OCOC(=O)N[C@@H](CSC(=O)OCc1oc(=O)oc1C)C(=O)OC1CCCCC1. The van der Waals surface area contributed by atoms with Gasteiger partial charge in [0.25, 0.3) is 0 Å². The molecule has 1 aliphatic rings. The van der Waals surface area contributed by atoms with Gasteiger partial charge >= 0.3 is 29.2 Å². The van der Waals surface area contributed by atoms with E-state index < -0.39 is 42.0 Å². The second kappa shape index (κ2) is 12.8. The Morgan fingerprint density at radius 1 is 1.09 bits per heavy atom. The number of aryl methyl sites for hydroxylation is 1. The van der Waals surface area contributed by atoms with E-state index in [1.807, 2.05) is 0 Å². The van der Waals surface area contributed by atoms with Crippen LogP contribution in [0.15, 0.2) is 13.6 Å². The monoisotopic (exact) mass is 475 g/mol. The van der Waals surface area contributed by atoms with Gasteiger partial charge in [-0.15, -0.1) is 0 Å². The van der Waals surface area contributed by atoms with Gasteiger partial charge in [0, 0.05) is 12.7 Å². The number of hydrogen-bond acceptors (Lipinski definition) is 12. The second-order valence-electron chi connectivity index (χ2n) is 6.86. The molecular weight excluding hydrogens is 450 g/mol. The maximum atomic E-state index is 12.6. The number of rotatable bonds is 9. The summed E-state index contributed by atoms with van der Waals surface area (Å²) in [4.78, 5) is 58.3. The fraction of sp³-hybridized carbons (Fsp3) is 0.632. The molecule has 1 N–H and O–H groups in total. The first-order valence-electron chi connectivity index (χ1n) is 9.90. The molecule has 13 heteroatoms. The molecule has 0 aliphatic heterocycles. The average molecular weight is 475 g/mol. The van der Waals surface area contributed by atoms with Gasteiger partial charge in [0.05, 0.1) is 0 Å². The van der Waals surface area contributed by atoms with Gasteiger partial charge < -0.3 is 33.1 Å². The third-order valence-corrected chi connectivity index (χ3v) is 5.24. The summed E-state index contributed by atoms with van der Waals surface area (Å²) in [6.07, 6.45) is 3.09. The highest BCUT2D eigenvalue weighted by atomic mass is 32.2. The number of esters is 2. The van der Waals surface area contributed by atoms with Crippen LogP contribution in [0.4, 0.5) is 9.59 Å². The molecule has 1 aromatic rings. The van der Waals surface area contributed by atoms with Crippen LogP contribution in [0.5, 0.6) is 0 Å². The van der Waals surface area contributed by atoms with Crippen LogP contribution in [-0.2, 0) is 35.1 Å². The van der Waals surface area contributed by atoms with Gasteiger partial charge in [-0.05, 0) is 44.4 Å². The van der Waals surface area contributed by atoms with Crippen molar-refractivity contribution >= 4 is 35.1 Å². The van der Waals surface area contributed by atoms with E-state index in [2.05, 4.69) is 19.2 Å². The Bertz CT molecular complexity index is 856. The Labute approximate surface area is 187 Å². The number of carbonyl (C=O) groups is 4. The first-order chi connectivity index (χ1) is 15.2. The second-order valence-corrected chi connectivity index (χ2v) is 7.82. The minimum absolute atomic E-state index is 0.0596. The minimum Gasteiger partial charge on any atom is -0.461 e. The van der Waals surface area contributed by atoms with Crippen molar-refractivity contribution < 1.29 is 47.0 Å². The molecule has 2 rings (SSSR count). The lowest BCUT2D eigenvalue weighted by atomic mass is 9.98. The van der Waals surface area contributed by atoms with Crippen molar-refractivity contribution in [2.75, 3.05) is 12.5 Å². The van der Waals surface area contributed by atoms with Crippen molar-refractivity contribution in [3.8, 4) is 0 Å². The summed E-state index contributed by atoms with van der Waals surface area (Å²) in [5.41, 5.74) is 0. The van der Waals surface area contributed by atoms with Crippen molar-refractivity contribution in [1.82, 2.24) is 5.32 Å². The number of thioether (sulfide) groups is 1. The van der Waals surface area contributed by atoms with Crippen molar-refractivity contribution in [1.29, 1.82) is 0 Å². The van der Waals surface area contributed by atoms with Gasteiger partial charge in [0.1, 0.15) is 12.1 Å². The highest BCUT2D eigenvalue weighted by Gasteiger charge is 2.28. The molecule has 12 nitrogen and oxygen atoms in total. The highest BCUT2D eigenvalue weighted by molar-refractivity contribution is 8.13. The van der Waals surface area contributed by atoms with Crippen LogP contribution in [0.2, 0.25) is 0 Å². The number of hydrogen-bond donors (Lipinski definition) is 1. The van der Waals surface area contributed by atoms with Crippen LogP contribution in [0.1, 0.15) is 50.5 Å². The van der Waals surface area contributed by atoms with Crippen LogP contribution >= 0.6 is 11.8 Å². The maximum Gasteiger partial charge on any atom is 0.519 e. The van der Waals surface area contributed by atoms with Gasteiger partial charge in [0.15, 0.2) is 18.1 Å². The average Bonchev–Trinajstić information content (AvgIpc) is 3.06. The largest absolute Gasteiger partial charge is 0.519 e. The predicted molar refractivity (Wildman–Crippen MR) is 108 cm³/mol. The van der Waals surface area contributed by atoms with Gasteiger partial charge in [-0.2, -0.15) is 0 Å². The summed E-state index contributed by atoms with van der Waals surface area (Å²) in [5.74, 6) is -2.25. The van der Waals surface area contributed by atoms with E-state index >= 15 is 0 Å². The lowest BCUT2D eigenvalue weighted by Gasteiger charge is -2.24. The molecule has 0 bridgehead atoms. The van der Waals surface area contributed by atoms with Gasteiger partial charge in [-0.1, -0.05) is 6.42 Å². The molecular formula is C19H25NO11S. The molecule has 1 atom stereocenters. The van der Waals surface area contributed by atoms with Crippen LogP contribution in [0.25, 0.3) is 0 Å². The zero-order valence-corrected chi connectivity index (χ0v) is 18.5. The molecule has 0 spiro atoms. The normalized spacial score (nSPS) is 14.8. The topological polar surface area (TPSA) is 161 Å². The van der Waals surface area contributed by atoms with E-state index in [1.165, 1.54) is 6.92 Å². The molecule has 1 heterocycles. The zero-order chi connectivity index (χ0) is 23.5. The number of carbonyl (C=O) groups excluding carboxylic acids is 4. The minimum atomic E-state index is -1.21. The first kappa shape index (κ1) is 25.3. The molecule has 0 saturated heterocycles.